The Kier molecular flexibility index (Phi) is 14.4. The molecule has 0 aromatic heterocycles. The molecule has 0 saturated heterocycles. The van der Waals surface area contributed by atoms with E-state index in [1.54, 1.807) is 48.8 Å². The smallest absolute Gasteiger partial charge is 0.124 e. The fourth-order valence-electron chi connectivity index (χ4n) is 4.60. The predicted octanol–water partition coefficient (Wildman–Crippen LogP) is 9.74. The van der Waals surface area contributed by atoms with Gasteiger partial charge < -0.3 is 15.5 Å². The first-order chi connectivity index (χ1) is 23.0. The molecule has 0 amide bonds. The van der Waals surface area contributed by atoms with Gasteiger partial charge >= 0.3 is 0 Å². The van der Waals surface area contributed by atoms with Gasteiger partial charge in [-0.3, -0.25) is 9.98 Å². The van der Waals surface area contributed by atoms with Crippen molar-refractivity contribution in [1.29, 1.82) is 0 Å². The highest BCUT2D eigenvalue weighted by molar-refractivity contribution is 5.85. The second-order valence-electron chi connectivity index (χ2n) is 11.2. The number of phenols is 2. The number of hydrogen-bond donors (Lipinski definition) is 3. The molecule has 9 heteroatoms. The number of azo groups is 2. The predicted molar refractivity (Wildman–Crippen MR) is 192 cm³/mol. The molecule has 4 rings (SSSR count). The van der Waals surface area contributed by atoms with Crippen molar-refractivity contribution in [2.45, 2.75) is 52.4 Å². The minimum atomic E-state index is 0.139. The summed E-state index contributed by atoms with van der Waals surface area (Å²) in [6.07, 6.45) is 10.1. The van der Waals surface area contributed by atoms with Crippen LogP contribution in [0.15, 0.2) is 115 Å². The lowest BCUT2D eigenvalue weighted by Gasteiger charge is -2.03. The third-order valence-electron chi connectivity index (χ3n) is 7.39. The topological polar surface area (TPSA) is 127 Å². The van der Waals surface area contributed by atoms with E-state index in [-0.39, 0.29) is 11.5 Å². The number of hydrogen-bond acceptors (Lipinski definition) is 9. The quantitative estimate of drug-likeness (QED) is 0.0575. The molecule has 0 aliphatic carbocycles. The first kappa shape index (κ1) is 34.8. The van der Waals surface area contributed by atoms with Crippen molar-refractivity contribution in [2.75, 3.05) is 26.2 Å². The molecule has 0 heterocycles. The van der Waals surface area contributed by atoms with E-state index in [2.05, 4.69) is 73.9 Å². The lowest BCUT2D eigenvalue weighted by molar-refractivity contribution is 0.474. The average molecular weight is 632 g/mol. The molecule has 0 bridgehead atoms. The summed E-state index contributed by atoms with van der Waals surface area (Å²) in [7, 11) is 0. The van der Waals surface area contributed by atoms with E-state index in [1.807, 2.05) is 24.3 Å². The number of rotatable bonds is 18. The maximum absolute atomic E-state index is 10.2. The van der Waals surface area contributed by atoms with Crippen molar-refractivity contribution in [3.63, 3.8) is 0 Å². The summed E-state index contributed by atoms with van der Waals surface area (Å²) in [5.74, 6) is 0.279. The largest absolute Gasteiger partial charge is 0.507 e. The first-order valence-electron chi connectivity index (χ1n) is 16.4. The Morgan fingerprint density at radius 2 is 0.915 bits per heavy atom. The molecule has 0 saturated carbocycles. The number of unbranched alkanes of at least 4 members (excludes halogenated alkanes) is 2. The van der Waals surface area contributed by atoms with Crippen LogP contribution in [0.1, 0.15) is 61.8 Å². The Hall–Kier alpha value is -5.02. The van der Waals surface area contributed by atoms with Gasteiger partial charge in [0.05, 0.1) is 35.8 Å². The minimum Gasteiger partial charge on any atom is -0.507 e. The van der Waals surface area contributed by atoms with Gasteiger partial charge in [-0.1, -0.05) is 51.0 Å². The van der Waals surface area contributed by atoms with Crippen molar-refractivity contribution < 1.29 is 10.2 Å². The first-order valence-corrected chi connectivity index (χ1v) is 16.4. The van der Waals surface area contributed by atoms with E-state index in [4.69, 9.17) is 0 Å². The number of nitrogens with zero attached hydrogens (tertiary/aromatic N) is 6. The van der Waals surface area contributed by atoms with Crippen LogP contribution in [0.3, 0.4) is 0 Å². The molecule has 0 aliphatic rings. The maximum Gasteiger partial charge on any atom is 0.124 e. The van der Waals surface area contributed by atoms with E-state index in [9.17, 15) is 10.2 Å². The summed E-state index contributed by atoms with van der Waals surface area (Å²) >= 11 is 0. The van der Waals surface area contributed by atoms with E-state index < -0.39 is 0 Å². The van der Waals surface area contributed by atoms with Crippen molar-refractivity contribution in [3.05, 3.63) is 107 Å². The monoisotopic (exact) mass is 631 g/mol. The lowest BCUT2D eigenvalue weighted by Crippen LogP contribution is -2.20. The number of benzene rings is 4. The Balaban J connectivity index is 1.18. The van der Waals surface area contributed by atoms with Gasteiger partial charge in [0, 0.05) is 36.6 Å². The second-order valence-corrected chi connectivity index (χ2v) is 11.2. The molecule has 3 N–H and O–H groups in total. The zero-order chi connectivity index (χ0) is 33.1. The van der Waals surface area contributed by atoms with Crippen LogP contribution in [0, 0.1) is 0 Å². The number of phenolic OH excluding ortho intramolecular Hbond substituents is 2. The Labute approximate surface area is 278 Å². The molecule has 244 valence electrons. The van der Waals surface area contributed by atoms with Crippen molar-refractivity contribution in [1.82, 2.24) is 5.32 Å². The summed E-state index contributed by atoms with van der Waals surface area (Å²) < 4.78 is 0. The van der Waals surface area contributed by atoms with E-state index in [0.29, 0.717) is 48.7 Å². The van der Waals surface area contributed by atoms with Crippen molar-refractivity contribution >= 4 is 35.2 Å². The molecule has 4 aromatic rings. The molecular formula is C38H45N7O2. The van der Waals surface area contributed by atoms with Crippen molar-refractivity contribution in [2.24, 2.45) is 30.4 Å². The summed E-state index contributed by atoms with van der Waals surface area (Å²) in [5.41, 5.74) is 6.63. The van der Waals surface area contributed by atoms with Crippen LogP contribution in [0.5, 0.6) is 11.5 Å². The second kappa shape index (κ2) is 19.5. The summed E-state index contributed by atoms with van der Waals surface area (Å²) in [4.78, 5) is 8.85. The number of aryl methyl sites for hydroxylation is 2. The fraction of sp³-hybridized carbons (Fsp3) is 0.316. The van der Waals surface area contributed by atoms with Crippen LogP contribution in [0.2, 0.25) is 0 Å². The highest BCUT2D eigenvalue weighted by Gasteiger charge is 2.02. The Morgan fingerprint density at radius 1 is 0.532 bits per heavy atom. The molecule has 0 aliphatic heterocycles. The van der Waals surface area contributed by atoms with Gasteiger partial charge in [0.25, 0.3) is 0 Å². The molecule has 0 fully saturated rings. The summed E-state index contributed by atoms with van der Waals surface area (Å²) in [6.45, 7) is 6.76. The van der Waals surface area contributed by atoms with E-state index in [0.717, 1.165) is 24.2 Å². The molecule has 0 radical (unpaired) electrons. The summed E-state index contributed by atoms with van der Waals surface area (Å²) in [6, 6.07) is 26.4. The van der Waals surface area contributed by atoms with Crippen LogP contribution < -0.4 is 5.32 Å². The standard InChI is InChI=1S/C38H45N7O2/c1-3-5-7-29-9-13-33(14-10-29)42-44-35-17-19-37(46)31(25-35)27-40-23-21-39-22-24-41-28-32-26-36(18-20-38(32)47)45-43-34-15-11-30(12-16-34)8-6-4-2/h9-20,25-28,39,46-47H,3-8,21-24H2,1-2H3. The molecule has 0 spiro atoms. The molecule has 0 unspecified atom stereocenters. The molecule has 4 aromatic carbocycles. The SMILES string of the molecule is CCCCc1ccc(N=Nc2ccc(O)c(C=NCCNCCN=Cc3cc(N=Nc4ccc(CCCC)cc4)ccc3O)c2)cc1. The third-order valence-corrected chi connectivity index (χ3v) is 7.39. The van der Waals surface area contributed by atoms with Gasteiger partial charge in [-0.25, -0.2) is 0 Å². The van der Waals surface area contributed by atoms with E-state index >= 15 is 0 Å². The summed E-state index contributed by atoms with van der Waals surface area (Å²) in [5, 5.41) is 41.1. The average Bonchev–Trinajstić information content (AvgIpc) is 3.10. The fourth-order valence-corrected chi connectivity index (χ4v) is 4.60. The zero-order valence-electron chi connectivity index (χ0n) is 27.4. The molecule has 47 heavy (non-hydrogen) atoms. The minimum absolute atomic E-state index is 0.139. The van der Waals surface area contributed by atoms with Crippen LogP contribution in [-0.4, -0.2) is 48.8 Å². The molecule has 9 nitrogen and oxygen atoms in total. The Bertz CT molecular complexity index is 1520. The molecule has 0 atom stereocenters. The third kappa shape index (κ3) is 12.4. The van der Waals surface area contributed by atoms with Crippen LogP contribution in [-0.2, 0) is 12.8 Å². The number of aliphatic imine (C=N–C) groups is 2. The van der Waals surface area contributed by atoms with Gasteiger partial charge in [-0.15, -0.1) is 0 Å². The highest BCUT2D eigenvalue weighted by atomic mass is 16.3. The van der Waals surface area contributed by atoms with Gasteiger partial charge in [0.15, 0.2) is 0 Å². The van der Waals surface area contributed by atoms with Gasteiger partial charge in [-0.05, 0) is 97.5 Å². The normalized spacial score (nSPS) is 12.0. The lowest BCUT2D eigenvalue weighted by atomic mass is 10.1. The highest BCUT2D eigenvalue weighted by Crippen LogP contribution is 2.26. The van der Waals surface area contributed by atoms with Gasteiger partial charge in [0.2, 0.25) is 0 Å². The zero-order valence-corrected chi connectivity index (χ0v) is 27.4. The number of nitrogens with one attached hydrogen (secondary N) is 1. The van der Waals surface area contributed by atoms with Gasteiger partial charge in [0.1, 0.15) is 11.5 Å². The maximum atomic E-state index is 10.2. The molecular weight excluding hydrogens is 586 g/mol. The van der Waals surface area contributed by atoms with Crippen LogP contribution >= 0.6 is 0 Å². The van der Waals surface area contributed by atoms with Crippen molar-refractivity contribution in [3.8, 4) is 11.5 Å². The van der Waals surface area contributed by atoms with E-state index in [1.165, 1.54) is 36.8 Å². The Morgan fingerprint density at radius 3 is 1.32 bits per heavy atom. The van der Waals surface area contributed by atoms with Crippen LogP contribution in [0.4, 0.5) is 22.7 Å². The number of aromatic hydroxyl groups is 2. The van der Waals surface area contributed by atoms with Crippen LogP contribution in [0.25, 0.3) is 0 Å². The van der Waals surface area contributed by atoms with Gasteiger partial charge in [-0.2, -0.15) is 20.5 Å².